The molecule has 1 saturated heterocycles. The highest BCUT2D eigenvalue weighted by Crippen LogP contribution is 2.13. The molecule has 0 spiro atoms. The SMILES string of the molecule is CNC1CCCN(Cc2cc(=O)n3ncsc3n2)C1. The van der Waals surface area contributed by atoms with E-state index >= 15 is 0 Å². The van der Waals surface area contributed by atoms with Gasteiger partial charge < -0.3 is 5.32 Å². The van der Waals surface area contributed by atoms with E-state index in [2.05, 4.69) is 20.3 Å². The summed E-state index contributed by atoms with van der Waals surface area (Å²) in [5, 5.41) is 7.29. The molecule has 0 aliphatic carbocycles. The maximum atomic E-state index is 11.9. The van der Waals surface area contributed by atoms with E-state index in [1.807, 2.05) is 7.05 Å². The molecule has 1 atom stereocenters. The standard InChI is InChI=1S/C12H17N5OS/c1-13-9-3-2-4-16(6-9)7-10-5-11(18)17-12(15-10)19-8-14-17/h5,8-9,13H,2-4,6-7H2,1H3. The third-order valence-corrected chi connectivity index (χ3v) is 4.21. The molecule has 2 aromatic heterocycles. The number of hydrogen-bond donors (Lipinski definition) is 1. The molecule has 1 unspecified atom stereocenters. The van der Waals surface area contributed by atoms with Crippen LogP contribution in [0.4, 0.5) is 0 Å². The summed E-state index contributed by atoms with van der Waals surface area (Å²) < 4.78 is 1.35. The van der Waals surface area contributed by atoms with E-state index in [1.165, 1.54) is 28.7 Å². The largest absolute Gasteiger partial charge is 0.316 e. The lowest BCUT2D eigenvalue weighted by molar-refractivity contribution is 0.186. The van der Waals surface area contributed by atoms with Crippen molar-refractivity contribution in [1.82, 2.24) is 24.8 Å². The van der Waals surface area contributed by atoms with Crippen LogP contribution in [-0.4, -0.2) is 45.7 Å². The molecule has 0 bridgehead atoms. The van der Waals surface area contributed by atoms with Gasteiger partial charge in [0.2, 0.25) is 4.96 Å². The normalized spacial score (nSPS) is 21.0. The van der Waals surface area contributed by atoms with E-state index in [1.54, 1.807) is 11.6 Å². The number of likely N-dealkylation sites (N-methyl/N-ethyl adjacent to an activating group) is 1. The van der Waals surface area contributed by atoms with E-state index in [-0.39, 0.29) is 5.56 Å². The first-order valence-corrected chi connectivity index (χ1v) is 7.36. The van der Waals surface area contributed by atoms with Gasteiger partial charge in [-0.15, -0.1) is 0 Å². The third-order valence-electron chi connectivity index (χ3n) is 3.54. The number of rotatable bonds is 3. The Morgan fingerprint density at radius 2 is 2.47 bits per heavy atom. The summed E-state index contributed by atoms with van der Waals surface area (Å²) in [7, 11) is 2.00. The molecule has 19 heavy (non-hydrogen) atoms. The molecule has 0 saturated carbocycles. The molecule has 1 N–H and O–H groups in total. The number of likely N-dealkylation sites (tertiary alicyclic amines) is 1. The molecule has 0 aromatic carbocycles. The zero-order chi connectivity index (χ0) is 13.2. The van der Waals surface area contributed by atoms with Crippen molar-refractivity contribution in [1.29, 1.82) is 0 Å². The van der Waals surface area contributed by atoms with Gasteiger partial charge in [-0.3, -0.25) is 9.69 Å². The molecule has 0 amide bonds. The highest BCUT2D eigenvalue weighted by molar-refractivity contribution is 7.14. The molecule has 1 aliphatic rings. The smallest absolute Gasteiger partial charge is 0.275 e. The molecule has 3 rings (SSSR count). The van der Waals surface area contributed by atoms with Crippen molar-refractivity contribution in [3.05, 3.63) is 27.6 Å². The lowest BCUT2D eigenvalue weighted by atomic mass is 10.1. The summed E-state index contributed by atoms with van der Waals surface area (Å²) in [5.41, 5.74) is 2.39. The van der Waals surface area contributed by atoms with Crippen LogP contribution < -0.4 is 10.9 Å². The Bertz CT molecular complexity index is 622. The lowest BCUT2D eigenvalue weighted by Crippen LogP contribution is -2.44. The van der Waals surface area contributed by atoms with Gasteiger partial charge in [-0.05, 0) is 26.4 Å². The molecular formula is C12H17N5OS. The summed E-state index contributed by atoms with van der Waals surface area (Å²) in [6, 6.07) is 2.14. The van der Waals surface area contributed by atoms with Crippen molar-refractivity contribution in [2.45, 2.75) is 25.4 Å². The zero-order valence-corrected chi connectivity index (χ0v) is 11.7. The summed E-state index contributed by atoms with van der Waals surface area (Å²) in [6.45, 7) is 2.82. The summed E-state index contributed by atoms with van der Waals surface area (Å²) in [4.78, 5) is 19.4. The van der Waals surface area contributed by atoms with E-state index in [0.717, 1.165) is 25.3 Å². The fourth-order valence-electron chi connectivity index (χ4n) is 2.55. The first-order chi connectivity index (χ1) is 9.26. The molecule has 1 aliphatic heterocycles. The quantitative estimate of drug-likeness (QED) is 0.877. The number of fused-ring (bicyclic) bond motifs is 1. The van der Waals surface area contributed by atoms with Gasteiger partial charge in [0.1, 0.15) is 5.51 Å². The molecule has 0 radical (unpaired) electrons. The van der Waals surface area contributed by atoms with E-state index in [0.29, 0.717) is 11.0 Å². The molecule has 102 valence electrons. The minimum Gasteiger partial charge on any atom is -0.316 e. The van der Waals surface area contributed by atoms with Gasteiger partial charge in [0, 0.05) is 25.2 Å². The van der Waals surface area contributed by atoms with Crippen LogP contribution in [0.5, 0.6) is 0 Å². The van der Waals surface area contributed by atoms with Crippen LogP contribution in [0.25, 0.3) is 4.96 Å². The molecular weight excluding hydrogens is 262 g/mol. The Hall–Kier alpha value is -1.31. The van der Waals surface area contributed by atoms with Crippen molar-refractivity contribution >= 4 is 16.3 Å². The van der Waals surface area contributed by atoms with Crippen molar-refractivity contribution in [2.24, 2.45) is 0 Å². The number of nitrogens with zero attached hydrogens (tertiary/aromatic N) is 4. The van der Waals surface area contributed by atoms with Crippen LogP contribution in [0.1, 0.15) is 18.5 Å². The molecule has 2 aromatic rings. The second-order valence-corrected chi connectivity index (χ2v) is 5.69. The number of hydrogen-bond acceptors (Lipinski definition) is 6. The first kappa shape index (κ1) is 12.7. The van der Waals surface area contributed by atoms with Crippen LogP contribution in [0, 0.1) is 0 Å². The predicted octanol–water partition coefficient (Wildman–Crippen LogP) is 0.335. The Kier molecular flexibility index (Phi) is 3.58. The average Bonchev–Trinajstić information content (AvgIpc) is 2.88. The second kappa shape index (κ2) is 5.36. The highest BCUT2D eigenvalue weighted by atomic mass is 32.1. The topological polar surface area (TPSA) is 62.5 Å². The zero-order valence-electron chi connectivity index (χ0n) is 10.9. The Morgan fingerprint density at radius 3 is 3.32 bits per heavy atom. The third kappa shape index (κ3) is 2.68. The maximum absolute atomic E-state index is 11.9. The van der Waals surface area contributed by atoms with Crippen LogP contribution in [0.2, 0.25) is 0 Å². The summed E-state index contributed by atoms with van der Waals surface area (Å²) in [6.07, 6.45) is 2.41. The van der Waals surface area contributed by atoms with Gasteiger partial charge in [0.15, 0.2) is 0 Å². The fourth-order valence-corrected chi connectivity index (χ4v) is 3.19. The second-order valence-electron chi connectivity index (χ2n) is 4.88. The Balaban J connectivity index is 1.79. The minimum absolute atomic E-state index is 0.0941. The van der Waals surface area contributed by atoms with E-state index in [4.69, 9.17) is 0 Å². The monoisotopic (exact) mass is 279 g/mol. The molecule has 1 fully saturated rings. The van der Waals surface area contributed by atoms with Gasteiger partial charge in [-0.2, -0.15) is 9.61 Å². The van der Waals surface area contributed by atoms with Crippen molar-refractivity contribution < 1.29 is 0 Å². The van der Waals surface area contributed by atoms with Crippen molar-refractivity contribution in [3.8, 4) is 0 Å². The Labute approximate surface area is 115 Å². The molecule has 7 heteroatoms. The number of piperidine rings is 1. The van der Waals surface area contributed by atoms with Gasteiger partial charge in [0.25, 0.3) is 5.56 Å². The van der Waals surface area contributed by atoms with Gasteiger partial charge in [-0.25, -0.2) is 4.98 Å². The lowest BCUT2D eigenvalue weighted by Gasteiger charge is -2.32. The van der Waals surface area contributed by atoms with Crippen molar-refractivity contribution in [2.75, 3.05) is 20.1 Å². The van der Waals surface area contributed by atoms with Crippen LogP contribution in [0.3, 0.4) is 0 Å². The van der Waals surface area contributed by atoms with Crippen LogP contribution in [-0.2, 0) is 6.54 Å². The van der Waals surface area contributed by atoms with Gasteiger partial charge in [-0.1, -0.05) is 11.3 Å². The fraction of sp³-hybridized carbons (Fsp3) is 0.583. The van der Waals surface area contributed by atoms with Crippen molar-refractivity contribution in [3.63, 3.8) is 0 Å². The minimum atomic E-state index is -0.0941. The maximum Gasteiger partial charge on any atom is 0.275 e. The van der Waals surface area contributed by atoms with E-state index < -0.39 is 0 Å². The van der Waals surface area contributed by atoms with Crippen LogP contribution in [0.15, 0.2) is 16.4 Å². The average molecular weight is 279 g/mol. The Morgan fingerprint density at radius 1 is 1.58 bits per heavy atom. The molecule has 3 heterocycles. The van der Waals surface area contributed by atoms with Gasteiger partial charge >= 0.3 is 0 Å². The summed E-state index contributed by atoms with van der Waals surface area (Å²) in [5.74, 6) is 0. The molecule has 6 nitrogen and oxygen atoms in total. The number of aromatic nitrogens is 3. The van der Waals surface area contributed by atoms with E-state index in [9.17, 15) is 4.79 Å². The summed E-state index contributed by atoms with van der Waals surface area (Å²) >= 11 is 1.39. The van der Waals surface area contributed by atoms with Crippen LogP contribution >= 0.6 is 11.3 Å². The first-order valence-electron chi connectivity index (χ1n) is 6.48. The van der Waals surface area contributed by atoms with Gasteiger partial charge in [0.05, 0.1) is 5.69 Å². The highest BCUT2D eigenvalue weighted by Gasteiger charge is 2.19. The number of nitrogens with one attached hydrogen (secondary N) is 1. The predicted molar refractivity (Wildman–Crippen MR) is 74.5 cm³/mol.